The van der Waals surface area contributed by atoms with Gasteiger partial charge in [0.05, 0.1) is 5.41 Å². The molecular weight excluding hydrogens is 238 g/mol. The zero-order valence-corrected chi connectivity index (χ0v) is 10.7. The number of aromatic nitrogens is 1. The molecule has 6 heteroatoms. The quantitative estimate of drug-likeness (QED) is 0.796. The molecule has 5 nitrogen and oxygen atoms in total. The Morgan fingerprint density at radius 1 is 1.59 bits per heavy atom. The Morgan fingerprint density at radius 3 is 2.88 bits per heavy atom. The van der Waals surface area contributed by atoms with Gasteiger partial charge in [-0.05, 0) is 19.9 Å². The van der Waals surface area contributed by atoms with Crippen LogP contribution in [-0.4, -0.2) is 29.8 Å². The second-order valence-corrected chi connectivity index (χ2v) is 5.39. The fourth-order valence-corrected chi connectivity index (χ4v) is 2.50. The Kier molecular flexibility index (Phi) is 3.26. The van der Waals surface area contributed by atoms with Crippen LogP contribution < -0.4 is 10.6 Å². The van der Waals surface area contributed by atoms with Gasteiger partial charge in [-0.25, -0.2) is 4.98 Å². The van der Waals surface area contributed by atoms with Gasteiger partial charge in [0.2, 0.25) is 5.91 Å². The largest absolute Gasteiger partial charge is 0.316 e. The summed E-state index contributed by atoms with van der Waals surface area (Å²) in [5.74, 6) is -0.123. The summed E-state index contributed by atoms with van der Waals surface area (Å²) in [5.41, 5.74) is 0.0298. The third-order valence-corrected chi connectivity index (χ3v) is 3.76. The van der Waals surface area contributed by atoms with Gasteiger partial charge in [-0.15, -0.1) is 11.3 Å². The molecule has 1 aliphatic rings. The highest BCUT2D eigenvalue weighted by Crippen LogP contribution is 2.27. The number of carbonyl (C=O) groups is 2. The highest BCUT2D eigenvalue weighted by Gasteiger charge is 2.36. The first-order chi connectivity index (χ1) is 8.01. The summed E-state index contributed by atoms with van der Waals surface area (Å²) < 4.78 is 0. The van der Waals surface area contributed by atoms with E-state index in [-0.39, 0.29) is 17.1 Å². The second kappa shape index (κ2) is 4.54. The minimum Gasteiger partial charge on any atom is -0.316 e. The normalized spacial score (nSPS) is 23.6. The van der Waals surface area contributed by atoms with Gasteiger partial charge in [-0.2, -0.15) is 0 Å². The smallest absolute Gasteiger partial charge is 0.233 e. The maximum Gasteiger partial charge on any atom is 0.233 e. The van der Waals surface area contributed by atoms with Gasteiger partial charge in [0.15, 0.2) is 10.9 Å². The molecule has 0 saturated carbocycles. The minimum absolute atomic E-state index is 0.0352. The van der Waals surface area contributed by atoms with Gasteiger partial charge >= 0.3 is 0 Å². The van der Waals surface area contributed by atoms with E-state index in [4.69, 9.17) is 0 Å². The van der Waals surface area contributed by atoms with Crippen molar-refractivity contribution in [2.45, 2.75) is 20.3 Å². The molecule has 2 heterocycles. The lowest BCUT2D eigenvalue weighted by atomic mass is 9.89. The van der Waals surface area contributed by atoms with E-state index in [1.54, 1.807) is 5.38 Å². The number of ketones is 1. The van der Waals surface area contributed by atoms with Crippen molar-refractivity contribution in [3.63, 3.8) is 0 Å². The second-order valence-electron chi connectivity index (χ2n) is 4.54. The summed E-state index contributed by atoms with van der Waals surface area (Å²) in [6, 6.07) is 0. The molecule has 2 rings (SSSR count). The predicted octanol–water partition coefficient (Wildman–Crippen LogP) is 1.28. The Hall–Kier alpha value is -1.27. The van der Waals surface area contributed by atoms with Crippen LogP contribution in [0.1, 0.15) is 30.8 Å². The van der Waals surface area contributed by atoms with E-state index in [2.05, 4.69) is 15.6 Å². The number of thiazole rings is 1. The van der Waals surface area contributed by atoms with E-state index in [0.29, 0.717) is 17.4 Å². The number of nitrogens with zero attached hydrogens (tertiary/aromatic N) is 1. The third-order valence-electron chi connectivity index (χ3n) is 3.00. The molecule has 1 unspecified atom stereocenters. The first-order valence-electron chi connectivity index (χ1n) is 5.50. The molecule has 0 bridgehead atoms. The number of hydrogen-bond acceptors (Lipinski definition) is 5. The zero-order chi connectivity index (χ0) is 12.5. The molecule has 1 amide bonds. The monoisotopic (exact) mass is 253 g/mol. The minimum atomic E-state index is -0.373. The zero-order valence-electron chi connectivity index (χ0n) is 9.87. The molecule has 0 aliphatic carbocycles. The first-order valence-corrected chi connectivity index (χ1v) is 6.38. The van der Waals surface area contributed by atoms with Gasteiger partial charge in [-0.3, -0.25) is 9.59 Å². The fourth-order valence-electron chi connectivity index (χ4n) is 1.75. The van der Waals surface area contributed by atoms with Crippen molar-refractivity contribution in [1.29, 1.82) is 0 Å². The Bertz CT molecular complexity index is 449. The van der Waals surface area contributed by atoms with Crippen molar-refractivity contribution >= 4 is 28.2 Å². The topological polar surface area (TPSA) is 71.1 Å². The maximum absolute atomic E-state index is 12.0. The van der Waals surface area contributed by atoms with Crippen molar-refractivity contribution in [3.8, 4) is 0 Å². The maximum atomic E-state index is 12.0. The molecule has 17 heavy (non-hydrogen) atoms. The van der Waals surface area contributed by atoms with Crippen LogP contribution in [0.4, 0.5) is 5.13 Å². The lowest BCUT2D eigenvalue weighted by Crippen LogP contribution is -2.35. The van der Waals surface area contributed by atoms with Gasteiger partial charge in [0, 0.05) is 18.8 Å². The van der Waals surface area contributed by atoms with E-state index in [9.17, 15) is 9.59 Å². The van der Waals surface area contributed by atoms with Crippen LogP contribution in [-0.2, 0) is 4.79 Å². The van der Waals surface area contributed by atoms with Crippen molar-refractivity contribution in [3.05, 3.63) is 11.1 Å². The summed E-state index contributed by atoms with van der Waals surface area (Å²) in [4.78, 5) is 27.2. The van der Waals surface area contributed by atoms with Crippen molar-refractivity contribution in [2.24, 2.45) is 5.41 Å². The van der Waals surface area contributed by atoms with Gasteiger partial charge in [0.1, 0.15) is 5.69 Å². The summed E-state index contributed by atoms with van der Waals surface area (Å²) in [6.45, 7) is 4.94. The van der Waals surface area contributed by atoms with Gasteiger partial charge in [-0.1, -0.05) is 0 Å². The van der Waals surface area contributed by atoms with E-state index in [0.717, 1.165) is 13.0 Å². The van der Waals surface area contributed by atoms with E-state index >= 15 is 0 Å². The summed E-state index contributed by atoms with van der Waals surface area (Å²) >= 11 is 1.28. The van der Waals surface area contributed by atoms with Crippen molar-refractivity contribution in [1.82, 2.24) is 10.3 Å². The molecule has 1 aromatic rings. The molecule has 2 N–H and O–H groups in total. The number of Topliss-reactive ketones (excluding diaryl/α,β-unsaturated/α-hetero) is 1. The SMILES string of the molecule is CC(=O)c1csc(NC(=O)C2(C)CCNC2)n1. The fraction of sp³-hybridized carbons (Fsp3) is 0.545. The van der Waals surface area contributed by atoms with Crippen LogP contribution in [0.3, 0.4) is 0 Å². The van der Waals surface area contributed by atoms with Crippen molar-refractivity contribution < 1.29 is 9.59 Å². The number of nitrogens with one attached hydrogen (secondary N) is 2. The number of anilines is 1. The van der Waals surface area contributed by atoms with Gasteiger partial charge in [0.25, 0.3) is 0 Å². The highest BCUT2D eigenvalue weighted by atomic mass is 32.1. The lowest BCUT2D eigenvalue weighted by molar-refractivity contribution is -0.123. The van der Waals surface area contributed by atoms with Crippen LogP contribution in [0, 0.1) is 5.41 Å². The average molecular weight is 253 g/mol. The third kappa shape index (κ3) is 2.53. The molecule has 1 saturated heterocycles. The first kappa shape index (κ1) is 12.2. The summed E-state index contributed by atoms with van der Waals surface area (Å²) in [5, 5.41) is 8.10. The Morgan fingerprint density at radius 2 is 2.35 bits per heavy atom. The number of amides is 1. The summed E-state index contributed by atoms with van der Waals surface area (Å²) in [6.07, 6.45) is 0.823. The standard InChI is InChI=1S/C11H15N3O2S/c1-7(15)8-5-17-10(13-8)14-9(16)11(2)3-4-12-6-11/h5,12H,3-4,6H2,1-2H3,(H,13,14,16). The van der Waals surface area contributed by atoms with Gasteiger partial charge < -0.3 is 10.6 Å². The number of carbonyl (C=O) groups excluding carboxylic acids is 2. The van der Waals surface area contributed by atoms with Crippen LogP contribution in [0.25, 0.3) is 0 Å². The van der Waals surface area contributed by atoms with Crippen LogP contribution in [0.15, 0.2) is 5.38 Å². The van der Waals surface area contributed by atoms with E-state index in [1.165, 1.54) is 18.3 Å². The Labute approximate surface area is 104 Å². The predicted molar refractivity (Wildman–Crippen MR) is 66.3 cm³/mol. The van der Waals surface area contributed by atoms with E-state index < -0.39 is 0 Å². The average Bonchev–Trinajstić information content (AvgIpc) is 2.88. The Balaban J connectivity index is 2.05. The molecule has 1 aromatic heterocycles. The molecule has 0 spiro atoms. The van der Waals surface area contributed by atoms with E-state index in [1.807, 2.05) is 6.92 Å². The highest BCUT2D eigenvalue weighted by molar-refractivity contribution is 7.14. The number of hydrogen-bond donors (Lipinski definition) is 2. The number of rotatable bonds is 3. The molecular formula is C11H15N3O2S. The van der Waals surface area contributed by atoms with Crippen LogP contribution in [0.5, 0.6) is 0 Å². The molecule has 92 valence electrons. The van der Waals surface area contributed by atoms with Crippen LogP contribution in [0.2, 0.25) is 0 Å². The molecule has 1 aliphatic heterocycles. The van der Waals surface area contributed by atoms with Crippen molar-refractivity contribution in [2.75, 3.05) is 18.4 Å². The molecule has 1 fully saturated rings. The molecule has 0 aromatic carbocycles. The molecule has 1 atom stereocenters. The summed E-state index contributed by atoms with van der Waals surface area (Å²) in [7, 11) is 0. The van der Waals surface area contributed by atoms with Crippen LogP contribution >= 0.6 is 11.3 Å². The molecule has 0 radical (unpaired) electrons. The lowest BCUT2D eigenvalue weighted by Gasteiger charge is -2.20.